The molecule has 0 spiro atoms. The molecule has 1 atom stereocenters. The maximum Gasteiger partial charge on any atom is 0.355 e. The normalized spacial score (nSPS) is 16.4. The van der Waals surface area contributed by atoms with E-state index in [0.29, 0.717) is 35.7 Å². The fourth-order valence-corrected chi connectivity index (χ4v) is 3.78. The molecule has 1 aromatic heterocycles. The van der Waals surface area contributed by atoms with Crippen molar-refractivity contribution in [2.24, 2.45) is 7.05 Å². The fraction of sp³-hybridized carbons (Fsp3) is 0.682. The lowest BCUT2D eigenvalue weighted by atomic mass is 10.0. The minimum Gasteiger partial charge on any atom is -0.461 e. The number of esters is 1. The lowest BCUT2D eigenvalue weighted by Crippen LogP contribution is -2.51. The highest BCUT2D eigenvalue weighted by Crippen LogP contribution is 2.23. The molecule has 0 saturated carbocycles. The molecule has 1 aromatic rings. The lowest BCUT2D eigenvalue weighted by molar-refractivity contribution is 0.0514. The van der Waals surface area contributed by atoms with E-state index in [9.17, 15) is 14.4 Å². The van der Waals surface area contributed by atoms with Crippen molar-refractivity contribution in [3.8, 4) is 0 Å². The molecule has 1 N–H and O–H groups in total. The summed E-state index contributed by atoms with van der Waals surface area (Å²) in [4.78, 5) is 40.0. The van der Waals surface area contributed by atoms with E-state index in [-0.39, 0.29) is 31.1 Å². The van der Waals surface area contributed by atoms with Crippen molar-refractivity contribution in [3.05, 3.63) is 22.5 Å². The predicted molar refractivity (Wildman–Crippen MR) is 114 cm³/mol. The summed E-state index contributed by atoms with van der Waals surface area (Å²) in [7, 11) is 1.74. The van der Waals surface area contributed by atoms with Crippen LogP contribution in [0.2, 0.25) is 0 Å². The van der Waals surface area contributed by atoms with Gasteiger partial charge in [0, 0.05) is 37.0 Å². The van der Waals surface area contributed by atoms with Crippen LogP contribution in [-0.4, -0.2) is 65.2 Å². The lowest BCUT2D eigenvalue weighted by Gasteiger charge is -2.29. The highest BCUT2D eigenvalue weighted by atomic mass is 16.5. The first kappa shape index (κ1) is 23.9. The molecular weight excluding hydrogens is 386 g/mol. The Morgan fingerprint density at radius 2 is 1.93 bits per heavy atom. The van der Waals surface area contributed by atoms with Gasteiger partial charge >= 0.3 is 12.0 Å². The maximum absolute atomic E-state index is 13.3. The molecule has 2 heterocycles. The van der Waals surface area contributed by atoms with Crippen LogP contribution in [0.15, 0.2) is 0 Å². The van der Waals surface area contributed by atoms with Crippen LogP contribution >= 0.6 is 0 Å². The van der Waals surface area contributed by atoms with Gasteiger partial charge in [0.25, 0.3) is 0 Å². The minimum absolute atomic E-state index is 0.0726. The highest BCUT2D eigenvalue weighted by Gasteiger charge is 2.30. The first-order chi connectivity index (χ1) is 14.0. The van der Waals surface area contributed by atoms with Crippen molar-refractivity contribution in [2.75, 3.05) is 26.3 Å². The van der Waals surface area contributed by atoms with Crippen molar-refractivity contribution < 1.29 is 23.9 Å². The number of carbonyl (C=O) groups excluding carboxylic acids is 3. The van der Waals surface area contributed by atoms with Crippen LogP contribution in [0.5, 0.6) is 0 Å². The Balaban J connectivity index is 2.29. The maximum atomic E-state index is 13.3. The van der Waals surface area contributed by atoms with Crippen LogP contribution in [0.1, 0.15) is 72.6 Å². The van der Waals surface area contributed by atoms with E-state index in [2.05, 4.69) is 5.32 Å². The zero-order valence-electron chi connectivity index (χ0n) is 19.3. The van der Waals surface area contributed by atoms with Gasteiger partial charge in [-0.3, -0.25) is 4.79 Å². The Labute approximate surface area is 178 Å². The number of nitrogens with one attached hydrogen (secondary N) is 1. The molecule has 168 valence electrons. The minimum atomic E-state index is -0.457. The average molecular weight is 422 g/mol. The fourth-order valence-electron chi connectivity index (χ4n) is 3.78. The molecule has 0 radical (unpaired) electrons. The molecule has 2 rings (SSSR count). The van der Waals surface area contributed by atoms with E-state index in [0.717, 1.165) is 12.8 Å². The first-order valence-electron chi connectivity index (χ1n) is 10.5. The number of nitrogens with zero attached hydrogens (tertiary/aromatic N) is 2. The Bertz CT molecular complexity index is 801. The van der Waals surface area contributed by atoms with Gasteiger partial charge in [-0.15, -0.1) is 0 Å². The van der Waals surface area contributed by atoms with E-state index >= 15 is 0 Å². The highest BCUT2D eigenvalue weighted by molar-refractivity contribution is 6.04. The number of hydrogen-bond acceptors (Lipinski definition) is 5. The Morgan fingerprint density at radius 3 is 2.47 bits per heavy atom. The summed E-state index contributed by atoms with van der Waals surface area (Å²) in [5.74, 6) is -0.667. The van der Waals surface area contributed by atoms with E-state index in [1.807, 2.05) is 20.8 Å². The molecule has 1 aliphatic rings. The Morgan fingerprint density at radius 1 is 1.27 bits per heavy atom. The molecule has 1 unspecified atom stereocenters. The van der Waals surface area contributed by atoms with Crippen LogP contribution in [-0.2, 0) is 16.5 Å². The van der Waals surface area contributed by atoms with Gasteiger partial charge in [0.15, 0.2) is 5.78 Å². The van der Waals surface area contributed by atoms with E-state index in [4.69, 9.17) is 9.47 Å². The van der Waals surface area contributed by atoms with Gasteiger partial charge in [-0.05, 0) is 59.9 Å². The summed E-state index contributed by atoms with van der Waals surface area (Å²) in [6.07, 6.45) is 1.74. The van der Waals surface area contributed by atoms with Crippen LogP contribution < -0.4 is 5.32 Å². The third-order valence-corrected chi connectivity index (χ3v) is 5.23. The van der Waals surface area contributed by atoms with Crippen molar-refractivity contribution >= 4 is 17.8 Å². The molecule has 8 nitrogen and oxygen atoms in total. The second kappa shape index (κ2) is 9.64. The summed E-state index contributed by atoms with van der Waals surface area (Å²) in [5, 5.41) is 2.93. The number of hydrogen-bond donors (Lipinski definition) is 1. The second-order valence-electron chi connectivity index (χ2n) is 8.83. The van der Waals surface area contributed by atoms with E-state index < -0.39 is 11.5 Å². The zero-order valence-corrected chi connectivity index (χ0v) is 19.3. The average Bonchev–Trinajstić information content (AvgIpc) is 3.20. The summed E-state index contributed by atoms with van der Waals surface area (Å²) in [6, 6.07) is -0.303. The van der Waals surface area contributed by atoms with E-state index in [1.165, 1.54) is 4.90 Å². The molecule has 30 heavy (non-hydrogen) atoms. The van der Waals surface area contributed by atoms with Crippen molar-refractivity contribution in [1.29, 1.82) is 0 Å². The van der Waals surface area contributed by atoms with Gasteiger partial charge in [0.1, 0.15) is 5.69 Å². The molecule has 0 aliphatic carbocycles. The van der Waals surface area contributed by atoms with Gasteiger partial charge in [-0.2, -0.15) is 0 Å². The number of ether oxygens (including phenoxy) is 2. The number of urea groups is 1. The topological polar surface area (TPSA) is 89.9 Å². The van der Waals surface area contributed by atoms with Crippen molar-refractivity contribution in [3.63, 3.8) is 0 Å². The number of Topliss-reactive ketones (excluding diaryl/α,β-unsaturated/α-hetero) is 1. The van der Waals surface area contributed by atoms with Gasteiger partial charge < -0.3 is 24.3 Å². The number of rotatable bonds is 7. The van der Waals surface area contributed by atoms with Gasteiger partial charge in [-0.25, -0.2) is 9.59 Å². The van der Waals surface area contributed by atoms with Crippen LogP contribution in [0.25, 0.3) is 0 Å². The number of aromatic nitrogens is 1. The molecule has 2 amide bonds. The quantitative estimate of drug-likeness (QED) is 0.540. The molecular formula is C22H35N3O5. The molecule has 0 aromatic carbocycles. The number of carbonyl (C=O) groups is 3. The molecule has 1 saturated heterocycles. The van der Waals surface area contributed by atoms with Gasteiger partial charge in [0.05, 0.1) is 19.3 Å². The molecule has 1 aliphatic heterocycles. The standard InChI is InChI=1S/C22H35N3O5/c1-8-29-20(27)19-14(2)18(15(3)24(19)7)17(26)13-25(12-16-10-9-11-30-16)21(28)23-22(4,5)6/h16H,8-13H2,1-7H3,(H,23,28). The summed E-state index contributed by atoms with van der Waals surface area (Å²) in [6.45, 7) is 12.2. The first-order valence-corrected chi connectivity index (χ1v) is 10.5. The van der Waals surface area contributed by atoms with Crippen molar-refractivity contribution in [1.82, 2.24) is 14.8 Å². The largest absolute Gasteiger partial charge is 0.461 e. The van der Waals surface area contributed by atoms with E-state index in [1.54, 1.807) is 32.4 Å². The Kier molecular flexibility index (Phi) is 7.69. The number of ketones is 1. The van der Waals surface area contributed by atoms with Crippen LogP contribution in [0.3, 0.4) is 0 Å². The molecule has 1 fully saturated rings. The summed E-state index contributed by atoms with van der Waals surface area (Å²) in [5.41, 5.74) is 1.65. The van der Waals surface area contributed by atoms with Crippen LogP contribution in [0.4, 0.5) is 4.79 Å². The van der Waals surface area contributed by atoms with Crippen LogP contribution in [0, 0.1) is 13.8 Å². The van der Waals surface area contributed by atoms with Gasteiger partial charge in [-0.1, -0.05) is 0 Å². The molecule has 0 bridgehead atoms. The second-order valence-corrected chi connectivity index (χ2v) is 8.83. The SMILES string of the molecule is CCOC(=O)c1c(C)c(C(=O)CN(CC2CCCO2)C(=O)NC(C)(C)C)c(C)n1C. The van der Waals surface area contributed by atoms with Gasteiger partial charge in [0.2, 0.25) is 0 Å². The Hall–Kier alpha value is -2.35. The monoisotopic (exact) mass is 421 g/mol. The number of amides is 2. The third-order valence-electron chi connectivity index (χ3n) is 5.23. The zero-order chi connectivity index (χ0) is 22.6. The predicted octanol–water partition coefficient (Wildman–Crippen LogP) is 2.99. The van der Waals surface area contributed by atoms with Crippen molar-refractivity contribution in [2.45, 2.75) is 66.0 Å². The summed E-state index contributed by atoms with van der Waals surface area (Å²) >= 11 is 0. The molecule has 8 heteroatoms. The third kappa shape index (κ3) is 5.62. The summed E-state index contributed by atoms with van der Waals surface area (Å²) < 4.78 is 12.5. The smallest absolute Gasteiger partial charge is 0.355 e.